The molecule has 6 heteroatoms. The number of nitrogens with zero attached hydrogens (tertiary/aromatic N) is 4. The molecule has 1 aromatic carbocycles. The first-order valence-corrected chi connectivity index (χ1v) is 7.86. The molecule has 0 radical (unpaired) electrons. The van der Waals surface area contributed by atoms with Crippen molar-refractivity contribution in [2.75, 3.05) is 0 Å². The lowest BCUT2D eigenvalue weighted by Crippen LogP contribution is -1.96. The van der Waals surface area contributed by atoms with E-state index < -0.39 is 0 Å². The first-order chi connectivity index (χ1) is 10.1. The van der Waals surface area contributed by atoms with E-state index in [2.05, 4.69) is 46.5 Å². The first kappa shape index (κ1) is 14.1. The molecule has 0 saturated heterocycles. The van der Waals surface area contributed by atoms with Gasteiger partial charge in [-0.05, 0) is 19.1 Å². The van der Waals surface area contributed by atoms with Crippen LogP contribution in [0.15, 0.2) is 33.9 Å². The van der Waals surface area contributed by atoms with Crippen molar-refractivity contribution in [3.8, 4) is 0 Å². The number of thioether (sulfide) groups is 1. The van der Waals surface area contributed by atoms with E-state index in [0.29, 0.717) is 5.89 Å². The molecule has 0 amide bonds. The minimum atomic E-state index is 0.0699. The lowest BCUT2D eigenvalue weighted by atomic mass is 10.2. The van der Waals surface area contributed by atoms with Gasteiger partial charge in [0.1, 0.15) is 0 Å². The van der Waals surface area contributed by atoms with Gasteiger partial charge in [0.05, 0.1) is 16.3 Å². The fraction of sp³-hybridized carbons (Fsp3) is 0.400. The fourth-order valence-electron chi connectivity index (χ4n) is 2.08. The molecule has 0 aliphatic heterocycles. The van der Waals surface area contributed by atoms with E-state index in [0.717, 1.165) is 22.0 Å². The predicted molar refractivity (Wildman–Crippen MR) is 83.4 cm³/mol. The zero-order valence-corrected chi connectivity index (χ0v) is 13.4. The number of rotatable bonds is 4. The largest absolute Gasteiger partial charge is 0.338 e. The van der Waals surface area contributed by atoms with Crippen molar-refractivity contribution in [2.24, 2.45) is 7.05 Å². The normalized spacial score (nSPS) is 13.2. The van der Waals surface area contributed by atoms with Crippen molar-refractivity contribution in [1.82, 2.24) is 19.7 Å². The molecule has 0 fully saturated rings. The van der Waals surface area contributed by atoms with Crippen LogP contribution < -0.4 is 0 Å². The highest BCUT2D eigenvalue weighted by molar-refractivity contribution is 7.99. The Bertz CT molecular complexity index is 762. The van der Waals surface area contributed by atoms with Crippen LogP contribution in [0.4, 0.5) is 0 Å². The second kappa shape index (κ2) is 5.52. The van der Waals surface area contributed by atoms with Gasteiger partial charge in [0.25, 0.3) is 0 Å². The van der Waals surface area contributed by atoms with Gasteiger partial charge < -0.3 is 9.09 Å². The highest BCUT2D eigenvalue weighted by atomic mass is 32.2. The standard InChI is InChI=1S/C15H18N4OS/c1-9(2)13-17-14(20-18-13)10(3)21-15-16-11-7-5-6-8-12(11)19(15)4/h5-10H,1-4H3. The third-order valence-corrected chi connectivity index (χ3v) is 4.48. The quantitative estimate of drug-likeness (QED) is 0.683. The van der Waals surface area contributed by atoms with Crippen LogP contribution in [0.2, 0.25) is 0 Å². The van der Waals surface area contributed by atoms with Crippen LogP contribution in [-0.4, -0.2) is 19.7 Å². The highest BCUT2D eigenvalue weighted by Crippen LogP contribution is 2.34. The molecule has 1 atom stereocenters. The Balaban J connectivity index is 1.85. The summed E-state index contributed by atoms with van der Waals surface area (Å²) in [6.45, 7) is 6.16. The second-order valence-electron chi connectivity index (χ2n) is 5.35. The SMILES string of the molecule is CC(C)c1noc(C(C)Sc2nc3ccccc3n2C)n1. The summed E-state index contributed by atoms with van der Waals surface area (Å²) >= 11 is 1.63. The predicted octanol–water partition coefficient (Wildman–Crippen LogP) is 3.93. The first-order valence-electron chi connectivity index (χ1n) is 6.98. The molecule has 1 unspecified atom stereocenters. The average Bonchev–Trinajstić information content (AvgIpc) is 3.06. The van der Waals surface area contributed by atoms with Gasteiger partial charge in [-0.15, -0.1) is 0 Å². The summed E-state index contributed by atoms with van der Waals surface area (Å²) in [4.78, 5) is 9.11. The Kier molecular flexibility index (Phi) is 3.71. The maximum absolute atomic E-state index is 5.35. The molecule has 0 aliphatic carbocycles. The van der Waals surface area contributed by atoms with Crippen molar-refractivity contribution >= 4 is 22.8 Å². The monoisotopic (exact) mass is 302 g/mol. The molecular weight excluding hydrogens is 284 g/mol. The minimum Gasteiger partial charge on any atom is -0.338 e. The number of aryl methyl sites for hydroxylation is 1. The van der Waals surface area contributed by atoms with Crippen molar-refractivity contribution in [3.05, 3.63) is 36.0 Å². The van der Waals surface area contributed by atoms with Gasteiger partial charge in [-0.1, -0.05) is 42.9 Å². The number of aromatic nitrogens is 4. The Morgan fingerprint density at radius 1 is 1.14 bits per heavy atom. The Morgan fingerprint density at radius 3 is 2.57 bits per heavy atom. The van der Waals surface area contributed by atoms with Crippen LogP contribution in [0, 0.1) is 0 Å². The Labute approximate surface area is 127 Å². The van der Waals surface area contributed by atoms with E-state index in [4.69, 9.17) is 4.52 Å². The molecule has 2 heterocycles. The fourth-order valence-corrected chi connectivity index (χ4v) is 3.00. The zero-order valence-electron chi connectivity index (χ0n) is 12.6. The van der Waals surface area contributed by atoms with Crippen molar-refractivity contribution in [3.63, 3.8) is 0 Å². The van der Waals surface area contributed by atoms with Crippen molar-refractivity contribution < 1.29 is 4.52 Å². The van der Waals surface area contributed by atoms with Crippen molar-refractivity contribution in [2.45, 2.75) is 37.1 Å². The highest BCUT2D eigenvalue weighted by Gasteiger charge is 2.19. The molecule has 2 aromatic heterocycles. The number of benzene rings is 1. The Hall–Kier alpha value is -1.82. The number of hydrogen-bond acceptors (Lipinski definition) is 5. The molecule has 0 bridgehead atoms. The van der Waals surface area contributed by atoms with Crippen molar-refractivity contribution in [1.29, 1.82) is 0 Å². The topological polar surface area (TPSA) is 56.7 Å². The summed E-state index contributed by atoms with van der Waals surface area (Å²) in [6.07, 6.45) is 0. The van der Waals surface area contributed by atoms with Crippen LogP contribution in [0.5, 0.6) is 0 Å². The molecular formula is C15H18N4OS. The molecule has 3 aromatic rings. The molecule has 3 rings (SSSR count). The van der Waals surface area contributed by atoms with Gasteiger partial charge in [-0.3, -0.25) is 0 Å². The number of para-hydroxylation sites is 2. The number of fused-ring (bicyclic) bond motifs is 1. The molecule has 5 nitrogen and oxygen atoms in total. The zero-order chi connectivity index (χ0) is 15.0. The third-order valence-electron chi connectivity index (χ3n) is 3.35. The average molecular weight is 302 g/mol. The summed E-state index contributed by atoms with van der Waals surface area (Å²) in [7, 11) is 2.03. The summed E-state index contributed by atoms with van der Waals surface area (Å²) in [5.74, 6) is 1.67. The summed E-state index contributed by atoms with van der Waals surface area (Å²) in [5, 5.41) is 5.04. The Morgan fingerprint density at radius 2 is 1.90 bits per heavy atom. The van der Waals surface area contributed by atoms with Crippen LogP contribution in [0.3, 0.4) is 0 Å². The van der Waals surface area contributed by atoms with Gasteiger partial charge in [-0.2, -0.15) is 4.98 Å². The van der Waals surface area contributed by atoms with E-state index in [-0.39, 0.29) is 11.2 Å². The van der Waals surface area contributed by atoms with E-state index in [9.17, 15) is 0 Å². The van der Waals surface area contributed by atoms with E-state index in [1.54, 1.807) is 11.8 Å². The summed E-state index contributed by atoms with van der Waals surface area (Å²) < 4.78 is 7.45. The van der Waals surface area contributed by atoms with Crippen LogP contribution >= 0.6 is 11.8 Å². The molecule has 0 N–H and O–H groups in total. The molecule has 0 spiro atoms. The van der Waals surface area contributed by atoms with E-state index in [1.807, 2.05) is 25.2 Å². The maximum atomic E-state index is 5.35. The van der Waals surface area contributed by atoms with Crippen LogP contribution in [0.25, 0.3) is 11.0 Å². The number of imidazole rings is 1. The van der Waals surface area contributed by atoms with Gasteiger partial charge in [0.15, 0.2) is 11.0 Å². The maximum Gasteiger partial charge on any atom is 0.239 e. The second-order valence-corrected chi connectivity index (χ2v) is 6.66. The lowest BCUT2D eigenvalue weighted by molar-refractivity contribution is 0.373. The van der Waals surface area contributed by atoms with Crippen LogP contribution in [0.1, 0.15) is 43.7 Å². The molecule has 110 valence electrons. The minimum absolute atomic E-state index is 0.0699. The van der Waals surface area contributed by atoms with Crippen LogP contribution in [-0.2, 0) is 7.05 Å². The molecule has 0 aliphatic rings. The van der Waals surface area contributed by atoms with Gasteiger partial charge in [0, 0.05) is 13.0 Å². The molecule has 21 heavy (non-hydrogen) atoms. The van der Waals surface area contributed by atoms with Gasteiger partial charge in [0.2, 0.25) is 5.89 Å². The summed E-state index contributed by atoms with van der Waals surface area (Å²) in [6, 6.07) is 8.11. The van der Waals surface area contributed by atoms with E-state index in [1.165, 1.54) is 0 Å². The van der Waals surface area contributed by atoms with Gasteiger partial charge >= 0.3 is 0 Å². The van der Waals surface area contributed by atoms with E-state index >= 15 is 0 Å². The molecule has 0 saturated carbocycles. The summed E-state index contributed by atoms with van der Waals surface area (Å²) in [5.41, 5.74) is 2.13. The van der Waals surface area contributed by atoms with Gasteiger partial charge in [-0.25, -0.2) is 4.98 Å². The lowest BCUT2D eigenvalue weighted by Gasteiger charge is -2.06. The number of hydrogen-bond donors (Lipinski definition) is 0. The smallest absolute Gasteiger partial charge is 0.239 e. The third kappa shape index (κ3) is 2.68.